The lowest BCUT2D eigenvalue weighted by Gasteiger charge is -2.34. The SMILES string of the molecule is CN(Cc1ccccc1Cl)[C@]1(C)CCS(=O)(=O)C1. The first kappa shape index (κ1) is 13.8. The molecule has 1 heterocycles. The largest absolute Gasteiger partial charge is 0.296 e. The van der Waals surface area contributed by atoms with E-state index in [1.54, 1.807) is 0 Å². The van der Waals surface area contributed by atoms with E-state index in [0.29, 0.717) is 13.0 Å². The maximum absolute atomic E-state index is 11.6. The topological polar surface area (TPSA) is 37.4 Å². The Kier molecular flexibility index (Phi) is 3.72. The van der Waals surface area contributed by atoms with Crippen molar-refractivity contribution in [3.63, 3.8) is 0 Å². The van der Waals surface area contributed by atoms with Crippen LogP contribution in [0.5, 0.6) is 0 Å². The smallest absolute Gasteiger partial charge is 0.152 e. The molecule has 1 aliphatic heterocycles. The van der Waals surface area contributed by atoms with Crippen LogP contribution in [0, 0.1) is 0 Å². The minimum atomic E-state index is -2.88. The van der Waals surface area contributed by atoms with Gasteiger partial charge in [-0.15, -0.1) is 0 Å². The molecule has 0 spiro atoms. The Hall–Kier alpha value is -0.580. The summed E-state index contributed by atoms with van der Waals surface area (Å²) in [4.78, 5) is 2.10. The van der Waals surface area contributed by atoms with E-state index in [9.17, 15) is 8.42 Å². The first-order chi connectivity index (χ1) is 8.32. The monoisotopic (exact) mass is 287 g/mol. The minimum Gasteiger partial charge on any atom is -0.296 e. The van der Waals surface area contributed by atoms with Crippen LogP contribution in [-0.4, -0.2) is 37.4 Å². The molecule has 18 heavy (non-hydrogen) atoms. The molecular formula is C13H18ClNO2S. The van der Waals surface area contributed by atoms with Gasteiger partial charge in [-0.25, -0.2) is 8.42 Å². The number of nitrogens with zero attached hydrogens (tertiary/aromatic N) is 1. The van der Waals surface area contributed by atoms with E-state index in [4.69, 9.17) is 11.6 Å². The van der Waals surface area contributed by atoms with Gasteiger partial charge in [0.05, 0.1) is 11.5 Å². The van der Waals surface area contributed by atoms with Crippen molar-refractivity contribution < 1.29 is 8.42 Å². The summed E-state index contributed by atoms with van der Waals surface area (Å²) in [5.74, 6) is 0.525. The number of hydrogen-bond acceptors (Lipinski definition) is 3. The third-order valence-corrected chi connectivity index (χ3v) is 6.03. The van der Waals surface area contributed by atoms with Gasteiger partial charge in [0, 0.05) is 17.1 Å². The normalized spacial score (nSPS) is 26.7. The van der Waals surface area contributed by atoms with Crippen LogP contribution in [0.4, 0.5) is 0 Å². The summed E-state index contributed by atoms with van der Waals surface area (Å²) in [7, 11) is -0.914. The lowest BCUT2D eigenvalue weighted by atomic mass is 9.99. The van der Waals surface area contributed by atoms with Crippen molar-refractivity contribution >= 4 is 21.4 Å². The summed E-state index contributed by atoms with van der Waals surface area (Å²) >= 11 is 6.13. The molecule has 0 bridgehead atoms. The van der Waals surface area contributed by atoms with E-state index in [0.717, 1.165) is 10.6 Å². The summed E-state index contributed by atoms with van der Waals surface area (Å²) in [5, 5.41) is 0.730. The predicted molar refractivity (Wildman–Crippen MR) is 74.6 cm³/mol. The van der Waals surface area contributed by atoms with E-state index in [-0.39, 0.29) is 17.0 Å². The summed E-state index contributed by atoms with van der Waals surface area (Å²) in [6.45, 7) is 2.68. The molecule has 0 saturated carbocycles. The molecule has 0 N–H and O–H groups in total. The summed E-state index contributed by atoms with van der Waals surface area (Å²) < 4.78 is 23.2. The zero-order valence-electron chi connectivity index (χ0n) is 10.7. The second-order valence-electron chi connectivity index (χ2n) is 5.29. The third-order valence-electron chi connectivity index (χ3n) is 3.77. The number of rotatable bonds is 3. The Labute approximate surface area is 114 Å². The van der Waals surface area contributed by atoms with Crippen LogP contribution in [0.15, 0.2) is 24.3 Å². The Morgan fingerprint density at radius 2 is 2.06 bits per heavy atom. The molecule has 0 amide bonds. The second-order valence-corrected chi connectivity index (χ2v) is 7.88. The molecular weight excluding hydrogens is 270 g/mol. The van der Waals surface area contributed by atoms with Crippen LogP contribution in [0.25, 0.3) is 0 Å². The molecule has 0 radical (unpaired) electrons. The van der Waals surface area contributed by atoms with Crippen molar-refractivity contribution in [2.24, 2.45) is 0 Å². The van der Waals surface area contributed by atoms with E-state index in [2.05, 4.69) is 4.90 Å². The summed E-state index contributed by atoms with van der Waals surface area (Å²) in [6, 6.07) is 7.68. The van der Waals surface area contributed by atoms with Gasteiger partial charge in [-0.2, -0.15) is 0 Å². The highest BCUT2D eigenvalue weighted by molar-refractivity contribution is 7.91. The molecule has 3 nitrogen and oxygen atoms in total. The van der Waals surface area contributed by atoms with Crippen molar-refractivity contribution in [2.75, 3.05) is 18.6 Å². The molecule has 1 atom stereocenters. The maximum atomic E-state index is 11.6. The van der Waals surface area contributed by atoms with Gasteiger partial charge in [0.2, 0.25) is 0 Å². The summed E-state index contributed by atoms with van der Waals surface area (Å²) in [6.07, 6.45) is 0.691. The first-order valence-electron chi connectivity index (χ1n) is 5.97. The molecule has 2 rings (SSSR count). The lowest BCUT2D eigenvalue weighted by molar-refractivity contribution is 0.154. The molecule has 5 heteroatoms. The highest BCUT2D eigenvalue weighted by Gasteiger charge is 2.41. The zero-order chi connectivity index (χ0) is 13.4. The molecule has 1 aromatic rings. The van der Waals surface area contributed by atoms with Crippen molar-refractivity contribution in [1.82, 2.24) is 4.90 Å². The molecule has 1 aliphatic rings. The zero-order valence-corrected chi connectivity index (χ0v) is 12.3. The van der Waals surface area contributed by atoms with Gasteiger partial charge >= 0.3 is 0 Å². The number of sulfone groups is 1. The predicted octanol–water partition coefficient (Wildman–Crippen LogP) is 2.35. The quantitative estimate of drug-likeness (QED) is 0.856. The molecule has 0 aromatic heterocycles. The average Bonchev–Trinajstić information content (AvgIpc) is 2.58. The minimum absolute atomic E-state index is 0.237. The molecule has 1 saturated heterocycles. The van der Waals surface area contributed by atoms with E-state index in [1.165, 1.54) is 0 Å². The van der Waals surface area contributed by atoms with Crippen LogP contribution in [0.1, 0.15) is 18.9 Å². The molecule has 1 fully saturated rings. The standard InChI is InChI=1S/C13H18ClNO2S/c1-13(7-8-18(16,17)10-13)15(2)9-11-5-3-4-6-12(11)14/h3-6H,7-10H2,1-2H3/t13-/m1/s1. The van der Waals surface area contributed by atoms with Crippen molar-refractivity contribution in [3.8, 4) is 0 Å². The van der Waals surface area contributed by atoms with Crippen LogP contribution >= 0.6 is 11.6 Å². The van der Waals surface area contributed by atoms with Crippen LogP contribution in [-0.2, 0) is 16.4 Å². The second kappa shape index (κ2) is 4.83. The molecule has 100 valence electrons. The molecule has 1 aromatic carbocycles. The highest BCUT2D eigenvalue weighted by Crippen LogP contribution is 2.30. The Bertz CT molecular complexity index is 544. The Morgan fingerprint density at radius 3 is 2.61 bits per heavy atom. The van der Waals surface area contributed by atoms with E-state index in [1.807, 2.05) is 38.2 Å². The first-order valence-corrected chi connectivity index (χ1v) is 8.17. The third kappa shape index (κ3) is 2.87. The van der Waals surface area contributed by atoms with Crippen LogP contribution in [0.3, 0.4) is 0 Å². The fourth-order valence-electron chi connectivity index (χ4n) is 2.37. The summed E-state index contributed by atoms with van der Waals surface area (Å²) in [5.41, 5.74) is 0.755. The van der Waals surface area contributed by atoms with Gasteiger partial charge in [0.25, 0.3) is 0 Å². The van der Waals surface area contributed by atoms with Gasteiger partial charge in [-0.05, 0) is 32.0 Å². The van der Waals surface area contributed by atoms with E-state index >= 15 is 0 Å². The van der Waals surface area contributed by atoms with Gasteiger partial charge in [-0.3, -0.25) is 4.90 Å². The van der Waals surface area contributed by atoms with Crippen LogP contribution in [0.2, 0.25) is 5.02 Å². The highest BCUT2D eigenvalue weighted by atomic mass is 35.5. The Morgan fingerprint density at radius 1 is 1.39 bits per heavy atom. The molecule has 0 aliphatic carbocycles. The van der Waals surface area contributed by atoms with Crippen molar-refractivity contribution in [1.29, 1.82) is 0 Å². The maximum Gasteiger partial charge on any atom is 0.152 e. The van der Waals surface area contributed by atoms with Crippen molar-refractivity contribution in [2.45, 2.75) is 25.4 Å². The number of hydrogen-bond donors (Lipinski definition) is 0. The fraction of sp³-hybridized carbons (Fsp3) is 0.538. The van der Waals surface area contributed by atoms with Crippen LogP contribution < -0.4 is 0 Å². The van der Waals surface area contributed by atoms with Gasteiger partial charge in [-0.1, -0.05) is 29.8 Å². The molecule has 0 unspecified atom stereocenters. The number of halogens is 1. The van der Waals surface area contributed by atoms with E-state index < -0.39 is 9.84 Å². The lowest BCUT2D eigenvalue weighted by Crippen LogP contribution is -2.44. The van der Waals surface area contributed by atoms with Gasteiger partial charge < -0.3 is 0 Å². The number of benzene rings is 1. The van der Waals surface area contributed by atoms with Gasteiger partial charge in [0.15, 0.2) is 9.84 Å². The fourth-order valence-corrected chi connectivity index (χ4v) is 4.77. The van der Waals surface area contributed by atoms with Crippen molar-refractivity contribution in [3.05, 3.63) is 34.9 Å². The average molecular weight is 288 g/mol. The Balaban J connectivity index is 2.14. The van der Waals surface area contributed by atoms with Gasteiger partial charge in [0.1, 0.15) is 0 Å².